The summed E-state index contributed by atoms with van der Waals surface area (Å²) in [4.78, 5) is 8.55. The Kier molecular flexibility index (Phi) is 2.91. The molecule has 3 rings (SSSR count). The lowest BCUT2D eigenvalue weighted by atomic mass is 10.0. The van der Waals surface area contributed by atoms with Gasteiger partial charge in [0.05, 0.1) is 18.2 Å². The number of aromatic nitrogens is 2. The van der Waals surface area contributed by atoms with Crippen molar-refractivity contribution in [3.8, 4) is 17.3 Å². The van der Waals surface area contributed by atoms with Crippen molar-refractivity contribution in [2.45, 2.75) is 6.42 Å². The molecule has 1 aromatic heterocycles. The predicted molar refractivity (Wildman–Crippen MR) is 74.3 cm³/mol. The summed E-state index contributed by atoms with van der Waals surface area (Å²) in [6.07, 6.45) is 1.94. The van der Waals surface area contributed by atoms with Gasteiger partial charge in [-0.1, -0.05) is 42.5 Å². The molecule has 0 saturated carbocycles. The van der Waals surface area contributed by atoms with Crippen molar-refractivity contribution in [3.63, 3.8) is 0 Å². The van der Waals surface area contributed by atoms with E-state index in [1.807, 2.05) is 30.3 Å². The van der Waals surface area contributed by atoms with Gasteiger partial charge in [-0.3, -0.25) is 0 Å². The van der Waals surface area contributed by atoms with Crippen LogP contribution in [0.1, 0.15) is 5.82 Å². The Morgan fingerprint density at radius 1 is 1.00 bits per heavy atom. The third-order valence-corrected chi connectivity index (χ3v) is 3.01. The standard InChI is InChI=1S/C16H11N3/c17-10-8-16-18-11-9-15(19-16)14-7-3-5-12-4-1-2-6-13(12)14/h1-7,9,11H,8H2. The number of nitriles is 1. The molecule has 0 atom stereocenters. The van der Waals surface area contributed by atoms with Crippen molar-refractivity contribution in [1.82, 2.24) is 9.97 Å². The molecule has 0 aliphatic heterocycles. The van der Waals surface area contributed by atoms with E-state index in [9.17, 15) is 0 Å². The SMILES string of the molecule is N#CCc1nccc(-c2cccc3ccccc23)n1. The zero-order valence-corrected chi connectivity index (χ0v) is 10.2. The zero-order chi connectivity index (χ0) is 13.1. The van der Waals surface area contributed by atoms with Crippen LogP contribution in [0.5, 0.6) is 0 Å². The highest BCUT2D eigenvalue weighted by Gasteiger charge is 2.05. The molecule has 0 fully saturated rings. The number of benzene rings is 2. The maximum atomic E-state index is 8.72. The van der Waals surface area contributed by atoms with E-state index in [2.05, 4.69) is 34.2 Å². The lowest BCUT2D eigenvalue weighted by Crippen LogP contribution is -1.95. The molecule has 1 heterocycles. The first-order valence-corrected chi connectivity index (χ1v) is 6.05. The Morgan fingerprint density at radius 3 is 2.74 bits per heavy atom. The molecule has 0 unspecified atom stereocenters. The van der Waals surface area contributed by atoms with Gasteiger partial charge in [-0.15, -0.1) is 0 Å². The maximum Gasteiger partial charge on any atom is 0.142 e. The van der Waals surface area contributed by atoms with E-state index >= 15 is 0 Å². The second-order valence-corrected chi connectivity index (χ2v) is 4.22. The Bertz CT molecular complexity index is 767. The minimum atomic E-state index is 0.235. The molecule has 0 radical (unpaired) electrons. The summed E-state index contributed by atoms with van der Waals surface area (Å²) >= 11 is 0. The van der Waals surface area contributed by atoms with Crippen LogP contribution in [0.2, 0.25) is 0 Å². The summed E-state index contributed by atoms with van der Waals surface area (Å²) in [5, 5.41) is 11.1. The molecular weight excluding hydrogens is 234 g/mol. The van der Waals surface area contributed by atoms with Gasteiger partial charge in [-0.25, -0.2) is 9.97 Å². The molecule has 90 valence electrons. The molecule has 0 bridgehead atoms. The smallest absolute Gasteiger partial charge is 0.142 e. The number of nitrogens with zero attached hydrogens (tertiary/aromatic N) is 3. The fourth-order valence-corrected chi connectivity index (χ4v) is 2.15. The Labute approximate surface area is 111 Å². The van der Waals surface area contributed by atoms with Gasteiger partial charge in [0.2, 0.25) is 0 Å². The van der Waals surface area contributed by atoms with Gasteiger partial charge in [-0.2, -0.15) is 5.26 Å². The van der Waals surface area contributed by atoms with E-state index < -0.39 is 0 Å². The number of hydrogen-bond acceptors (Lipinski definition) is 3. The molecule has 3 heteroatoms. The largest absolute Gasteiger partial charge is 0.240 e. The van der Waals surface area contributed by atoms with Crippen LogP contribution in [-0.2, 0) is 6.42 Å². The van der Waals surface area contributed by atoms with E-state index in [-0.39, 0.29) is 6.42 Å². The lowest BCUT2D eigenvalue weighted by Gasteiger charge is -2.06. The lowest BCUT2D eigenvalue weighted by molar-refractivity contribution is 1.000. The average molecular weight is 245 g/mol. The topological polar surface area (TPSA) is 49.6 Å². The first kappa shape index (κ1) is 11.4. The van der Waals surface area contributed by atoms with Crippen molar-refractivity contribution in [2.75, 3.05) is 0 Å². The Morgan fingerprint density at radius 2 is 1.84 bits per heavy atom. The predicted octanol–water partition coefficient (Wildman–Crippen LogP) is 3.36. The van der Waals surface area contributed by atoms with Crippen LogP contribution in [0.4, 0.5) is 0 Å². The monoisotopic (exact) mass is 245 g/mol. The van der Waals surface area contributed by atoms with Crippen LogP contribution in [0.25, 0.3) is 22.0 Å². The summed E-state index contributed by atoms with van der Waals surface area (Å²) in [7, 11) is 0. The van der Waals surface area contributed by atoms with Crippen LogP contribution in [0, 0.1) is 11.3 Å². The normalized spacial score (nSPS) is 10.3. The molecule has 2 aromatic carbocycles. The molecule has 3 aromatic rings. The molecule has 0 N–H and O–H groups in total. The van der Waals surface area contributed by atoms with Crippen molar-refractivity contribution >= 4 is 10.8 Å². The Hall–Kier alpha value is -2.73. The summed E-state index contributed by atoms with van der Waals surface area (Å²) in [5.41, 5.74) is 1.93. The molecule has 0 saturated heterocycles. The van der Waals surface area contributed by atoms with Gasteiger partial charge in [-0.05, 0) is 16.8 Å². The van der Waals surface area contributed by atoms with Crippen LogP contribution in [0.15, 0.2) is 54.7 Å². The van der Waals surface area contributed by atoms with Gasteiger partial charge < -0.3 is 0 Å². The molecular formula is C16H11N3. The van der Waals surface area contributed by atoms with E-state index in [0.717, 1.165) is 16.6 Å². The highest BCUT2D eigenvalue weighted by Crippen LogP contribution is 2.26. The number of hydrogen-bond donors (Lipinski definition) is 0. The maximum absolute atomic E-state index is 8.72. The van der Waals surface area contributed by atoms with Crippen molar-refractivity contribution in [1.29, 1.82) is 5.26 Å². The third kappa shape index (κ3) is 2.16. The molecule has 0 spiro atoms. The second-order valence-electron chi connectivity index (χ2n) is 4.22. The quantitative estimate of drug-likeness (QED) is 0.695. The minimum Gasteiger partial charge on any atom is -0.240 e. The first-order chi connectivity index (χ1) is 9.38. The van der Waals surface area contributed by atoms with Gasteiger partial charge >= 0.3 is 0 Å². The molecule has 19 heavy (non-hydrogen) atoms. The highest BCUT2D eigenvalue weighted by atomic mass is 14.9. The van der Waals surface area contributed by atoms with Gasteiger partial charge in [0.25, 0.3) is 0 Å². The van der Waals surface area contributed by atoms with Crippen LogP contribution >= 0.6 is 0 Å². The van der Waals surface area contributed by atoms with Crippen LogP contribution < -0.4 is 0 Å². The van der Waals surface area contributed by atoms with Gasteiger partial charge in [0.1, 0.15) is 5.82 Å². The summed E-state index contributed by atoms with van der Waals surface area (Å²) < 4.78 is 0. The fourth-order valence-electron chi connectivity index (χ4n) is 2.15. The van der Waals surface area contributed by atoms with Crippen molar-refractivity contribution < 1.29 is 0 Å². The van der Waals surface area contributed by atoms with E-state index in [4.69, 9.17) is 5.26 Å². The van der Waals surface area contributed by atoms with Crippen molar-refractivity contribution in [3.05, 3.63) is 60.6 Å². The minimum absolute atomic E-state index is 0.235. The summed E-state index contributed by atoms with van der Waals surface area (Å²) in [6, 6.07) is 18.3. The first-order valence-electron chi connectivity index (χ1n) is 6.05. The van der Waals surface area contributed by atoms with E-state index in [1.165, 1.54) is 5.39 Å². The number of fused-ring (bicyclic) bond motifs is 1. The highest BCUT2D eigenvalue weighted by molar-refractivity contribution is 5.95. The molecule has 3 nitrogen and oxygen atoms in total. The van der Waals surface area contributed by atoms with E-state index in [0.29, 0.717) is 5.82 Å². The van der Waals surface area contributed by atoms with Gasteiger partial charge in [0, 0.05) is 11.8 Å². The van der Waals surface area contributed by atoms with E-state index in [1.54, 1.807) is 6.20 Å². The fraction of sp³-hybridized carbons (Fsp3) is 0.0625. The Balaban J connectivity index is 2.19. The summed E-state index contributed by atoms with van der Waals surface area (Å²) in [6.45, 7) is 0. The van der Waals surface area contributed by atoms with Crippen LogP contribution in [0.3, 0.4) is 0 Å². The van der Waals surface area contributed by atoms with Crippen LogP contribution in [-0.4, -0.2) is 9.97 Å². The molecule has 0 aliphatic carbocycles. The summed E-state index contributed by atoms with van der Waals surface area (Å²) in [5.74, 6) is 0.563. The average Bonchev–Trinajstić information content (AvgIpc) is 2.47. The van der Waals surface area contributed by atoms with Crippen molar-refractivity contribution in [2.24, 2.45) is 0 Å². The van der Waals surface area contributed by atoms with Gasteiger partial charge in [0.15, 0.2) is 0 Å². The molecule has 0 aliphatic rings. The number of rotatable bonds is 2. The molecule has 0 amide bonds. The zero-order valence-electron chi connectivity index (χ0n) is 10.2. The third-order valence-electron chi connectivity index (χ3n) is 3.01. The second kappa shape index (κ2) is 4.87.